The van der Waals surface area contributed by atoms with Crippen LogP contribution in [0, 0.1) is 12.8 Å². The Morgan fingerprint density at radius 2 is 2.44 bits per heavy atom. The predicted octanol–water partition coefficient (Wildman–Crippen LogP) is 0.880. The highest BCUT2D eigenvalue weighted by molar-refractivity contribution is 5.92. The maximum atomic E-state index is 11.9. The topological polar surface area (TPSA) is 59.0 Å². The van der Waals surface area contributed by atoms with Gasteiger partial charge in [-0.15, -0.1) is 12.4 Å². The van der Waals surface area contributed by atoms with Gasteiger partial charge >= 0.3 is 0 Å². The molecule has 1 aromatic rings. The molecule has 1 aromatic heterocycles. The fourth-order valence-electron chi connectivity index (χ4n) is 2.25. The van der Waals surface area contributed by atoms with Gasteiger partial charge in [0.2, 0.25) is 0 Å². The molecule has 5 nitrogen and oxygen atoms in total. The third kappa shape index (κ3) is 3.71. The summed E-state index contributed by atoms with van der Waals surface area (Å²) in [6, 6.07) is 1.81. The average Bonchev–Trinajstić information content (AvgIpc) is 2.67. The molecule has 1 atom stereocenters. The maximum absolute atomic E-state index is 11.9. The van der Waals surface area contributed by atoms with Crippen LogP contribution in [-0.2, 0) is 7.05 Å². The number of rotatable bonds is 3. The minimum absolute atomic E-state index is 0. The Labute approximate surface area is 114 Å². The van der Waals surface area contributed by atoms with E-state index >= 15 is 0 Å². The van der Waals surface area contributed by atoms with Crippen molar-refractivity contribution in [1.82, 2.24) is 20.4 Å². The Morgan fingerprint density at radius 3 is 3.00 bits per heavy atom. The van der Waals surface area contributed by atoms with Gasteiger partial charge in [0.05, 0.1) is 5.69 Å². The summed E-state index contributed by atoms with van der Waals surface area (Å²) in [6.45, 7) is 4.74. The second kappa shape index (κ2) is 6.75. The Hall–Kier alpha value is -1.07. The standard InChI is InChI=1S/C12H20N4O.ClH/c1-9-6-11(16(2)15-9)12(17)14-8-10-4-3-5-13-7-10;/h6,10,13H,3-5,7-8H2,1-2H3,(H,14,17);1H. The van der Waals surface area contributed by atoms with Crippen LogP contribution in [0.5, 0.6) is 0 Å². The monoisotopic (exact) mass is 272 g/mol. The third-order valence-electron chi connectivity index (χ3n) is 3.18. The van der Waals surface area contributed by atoms with Crippen LogP contribution in [0.15, 0.2) is 6.07 Å². The van der Waals surface area contributed by atoms with Gasteiger partial charge in [0.1, 0.15) is 5.69 Å². The molecule has 0 saturated carbocycles. The van der Waals surface area contributed by atoms with Gasteiger partial charge in [0.25, 0.3) is 5.91 Å². The predicted molar refractivity (Wildman–Crippen MR) is 73.1 cm³/mol. The normalized spacial score (nSPS) is 19.1. The molecule has 1 aliphatic heterocycles. The van der Waals surface area contributed by atoms with Crippen LogP contribution in [0.2, 0.25) is 0 Å². The van der Waals surface area contributed by atoms with Gasteiger partial charge in [0, 0.05) is 13.6 Å². The maximum Gasteiger partial charge on any atom is 0.269 e. The van der Waals surface area contributed by atoms with Crippen molar-refractivity contribution in [1.29, 1.82) is 0 Å². The molecule has 0 aliphatic carbocycles. The Balaban J connectivity index is 0.00000162. The van der Waals surface area contributed by atoms with Crippen LogP contribution in [0.4, 0.5) is 0 Å². The van der Waals surface area contributed by atoms with Crippen molar-refractivity contribution in [2.24, 2.45) is 13.0 Å². The van der Waals surface area contributed by atoms with E-state index in [-0.39, 0.29) is 18.3 Å². The first-order chi connectivity index (χ1) is 8.16. The van der Waals surface area contributed by atoms with Crippen molar-refractivity contribution < 1.29 is 4.79 Å². The molecule has 0 spiro atoms. The van der Waals surface area contributed by atoms with Crippen LogP contribution in [0.1, 0.15) is 29.0 Å². The molecular formula is C12H21ClN4O. The number of halogens is 1. The number of carbonyl (C=O) groups excluding carboxylic acids is 1. The van der Waals surface area contributed by atoms with E-state index in [2.05, 4.69) is 15.7 Å². The van der Waals surface area contributed by atoms with Gasteiger partial charge in [-0.25, -0.2) is 0 Å². The molecule has 0 radical (unpaired) electrons. The van der Waals surface area contributed by atoms with Crippen molar-refractivity contribution in [3.05, 3.63) is 17.5 Å². The number of hydrogen-bond acceptors (Lipinski definition) is 3. The number of aromatic nitrogens is 2. The molecule has 0 bridgehead atoms. The number of hydrogen-bond donors (Lipinski definition) is 2. The molecule has 0 aromatic carbocycles. The molecule has 18 heavy (non-hydrogen) atoms. The van der Waals surface area contributed by atoms with Gasteiger partial charge < -0.3 is 10.6 Å². The van der Waals surface area contributed by atoms with E-state index in [0.29, 0.717) is 11.6 Å². The summed E-state index contributed by atoms with van der Waals surface area (Å²) in [5.74, 6) is 0.528. The highest BCUT2D eigenvalue weighted by atomic mass is 35.5. The summed E-state index contributed by atoms with van der Waals surface area (Å²) in [4.78, 5) is 11.9. The first-order valence-corrected chi connectivity index (χ1v) is 6.16. The zero-order valence-corrected chi connectivity index (χ0v) is 11.7. The summed E-state index contributed by atoms with van der Waals surface area (Å²) >= 11 is 0. The van der Waals surface area contributed by atoms with Crippen LogP contribution >= 0.6 is 12.4 Å². The Kier molecular flexibility index (Phi) is 5.62. The largest absolute Gasteiger partial charge is 0.350 e. The number of aryl methyl sites for hydroxylation is 2. The molecule has 1 aliphatic rings. The minimum atomic E-state index is -0.0290. The van der Waals surface area contributed by atoms with Gasteiger partial charge in [-0.1, -0.05) is 0 Å². The number of nitrogens with zero attached hydrogens (tertiary/aromatic N) is 2. The number of piperidine rings is 1. The average molecular weight is 273 g/mol. The smallest absolute Gasteiger partial charge is 0.269 e. The van der Waals surface area contributed by atoms with Crippen LogP contribution in [-0.4, -0.2) is 35.3 Å². The molecule has 2 heterocycles. The van der Waals surface area contributed by atoms with Crippen molar-refractivity contribution in [3.8, 4) is 0 Å². The van der Waals surface area contributed by atoms with E-state index in [1.54, 1.807) is 11.7 Å². The first-order valence-electron chi connectivity index (χ1n) is 6.16. The fourth-order valence-corrected chi connectivity index (χ4v) is 2.25. The van der Waals surface area contributed by atoms with Gasteiger partial charge in [-0.05, 0) is 44.8 Å². The number of amides is 1. The number of nitrogens with one attached hydrogen (secondary N) is 2. The molecule has 6 heteroatoms. The van der Waals surface area contributed by atoms with Crippen molar-refractivity contribution >= 4 is 18.3 Å². The van der Waals surface area contributed by atoms with Gasteiger partial charge in [-0.3, -0.25) is 9.48 Å². The lowest BCUT2D eigenvalue weighted by Gasteiger charge is -2.22. The van der Waals surface area contributed by atoms with Crippen molar-refractivity contribution in [2.45, 2.75) is 19.8 Å². The highest BCUT2D eigenvalue weighted by Gasteiger charge is 2.16. The molecule has 1 unspecified atom stereocenters. The van der Waals surface area contributed by atoms with Crippen LogP contribution in [0.25, 0.3) is 0 Å². The molecule has 1 fully saturated rings. The third-order valence-corrected chi connectivity index (χ3v) is 3.18. The second-order valence-corrected chi connectivity index (χ2v) is 4.72. The SMILES string of the molecule is Cc1cc(C(=O)NCC2CCCNC2)n(C)n1.Cl. The summed E-state index contributed by atoms with van der Waals surface area (Å²) in [5, 5.41) is 10.5. The Morgan fingerprint density at radius 1 is 1.67 bits per heavy atom. The van der Waals surface area contributed by atoms with Crippen LogP contribution in [0.3, 0.4) is 0 Å². The summed E-state index contributed by atoms with van der Waals surface area (Å²) in [5.41, 5.74) is 1.50. The van der Waals surface area contributed by atoms with E-state index in [9.17, 15) is 4.79 Å². The van der Waals surface area contributed by atoms with E-state index in [0.717, 1.165) is 25.3 Å². The van der Waals surface area contributed by atoms with E-state index in [1.165, 1.54) is 12.8 Å². The molecule has 2 N–H and O–H groups in total. The van der Waals surface area contributed by atoms with Crippen molar-refractivity contribution in [2.75, 3.05) is 19.6 Å². The van der Waals surface area contributed by atoms with E-state index in [4.69, 9.17) is 0 Å². The summed E-state index contributed by atoms with van der Waals surface area (Å²) in [6.07, 6.45) is 2.39. The molecule has 1 amide bonds. The summed E-state index contributed by atoms with van der Waals surface area (Å²) < 4.78 is 1.63. The van der Waals surface area contributed by atoms with Crippen molar-refractivity contribution in [3.63, 3.8) is 0 Å². The van der Waals surface area contributed by atoms with Crippen LogP contribution < -0.4 is 10.6 Å². The Bertz CT molecular complexity index is 399. The van der Waals surface area contributed by atoms with E-state index in [1.807, 2.05) is 13.0 Å². The first kappa shape index (κ1) is 15.0. The fraction of sp³-hybridized carbons (Fsp3) is 0.667. The quantitative estimate of drug-likeness (QED) is 0.859. The molecular weight excluding hydrogens is 252 g/mol. The summed E-state index contributed by atoms with van der Waals surface area (Å²) in [7, 11) is 1.80. The van der Waals surface area contributed by atoms with Gasteiger partial charge in [0.15, 0.2) is 0 Å². The lowest BCUT2D eigenvalue weighted by molar-refractivity contribution is 0.0935. The zero-order valence-electron chi connectivity index (χ0n) is 10.9. The minimum Gasteiger partial charge on any atom is -0.350 e. The second-order valence-electron chi connectivity index (χ2n) is 4.72. The zero-order chi connectivity index (χ0) is 12.3. The lowest BCUT2D eigenvalue weighted by atomic mass is 10.00. The van der Waals surface area contributed by atoms with E-state index < -0.39 is 0 Å². The molecule has 1 saturated heterocycles. The number of carbonyl (C=O) groups is 1. The highest BCUT2D eigenvalue weighted by Crippen LogP contribution is 2.09. The molecule has 102 valence electrons. The van der Waals surface area contributed by atoms with Gasteiger partial charge in [-0.2, -0.15) is 5.10 Å². The lowest BCUT2D eigenvalue weighted by Crippen LogP contribution is -2.38. The molecule has 2 rings (SSSR count).